The van der Waals surface area contributed by atoms with Crippen molar-refractivity contribution in [3.63, 3.8) is 0 Å². The normalized spacial score (nSPS) is 12.7. The van der Waals surface area contributed by atoms with Crippen molar-refractivity contribution >= 4 is 17.7 Å². The van der Waals surface area contributed by atoms with Crippen LogP contribution >= 0.6 is 0 Å². The zero-order chi connectivity index (χ0) is 19.3. The third kappa shape index (κ3) is 4.54. The number of hydrogen-bond donors (Lipinski definition) is 1. The predicted molar refractivity (Wildman–Crippen MR) is 98.6 cm³/mol. The minimum atomic E-state index is -3.24. The van der Waals surface area contributed by atoms with Crippen molar-refractivity contribution in [1.29, 1.82) is 5.26 Å². The van der Waals surface area contributed by atoms with Gasteiger partial charge in [0.25, 0.3) is 5.92 Å². The molecule has 0 aliphatic heterocycles. The smallest absolute Gasteiger partial charge is 0.273 e. The standard InChI is InChI=1S/C21H19F3N2/c1-14(20(13-25)26-3)17-6-4-5-15(11-17)7-8-16-9-10-19(22)18(12-16)21(2,23)24/h4-12,26H,1-3H3/b8-7+,20-14+. The minimum Gasteiger partial charge on any atom is -0.379 e. The van der Waals surface area contributed by atoms with Crippen LogP contribution in [0.3, 0.4) is 0 Å². The molecule has 2 aromatic carbocycles. The largest absolute Gasteiger partial charge is 0.379 e. The molecule has 1 N–H and O–H groups in total. The number of nitriles is 1. The van der Waals surface area contributed by atoms with Gasteiger partial charge in [0.05, 0.1) is 5.56 Å². The number of rotatable bonds is 5. The zero-order valence-electron chi connectivity index (χ0n) is 14.8. The number of halogens is 3. The van der Waals surface area contributed by atoms with E-state index in [1.807, 2.05) is 31.2 Å². The first kappa shape index (κ1) is 19.3. The van der Waals surface area contributed by atoms with Gasteiger partial charge in [-0.25, -0.2) is 13.2 Å². The van der Waals surface area contributed by atoms with E-state index in [0.29, 0.717) is 18.2 Å². The molecule has 134 valence electrons. The molecule has 0 aliphatic rings. The molecule has 0 heterocycles. The third-order valence-electron chi connectivity index (χ3n) is 3.99. The number of allylic oxidation sites excluding steroid dienone is 2. The number of alkyl halides is 2. The van der Waals surface area contributed by atoms with Gasteiger partial charge in [-0.05, 0) is 47.4 Å². The topological polar surface area (TPSA) is 35.8 Å². The summed E-state index contributed by atoms with van der Waals surface area (Å²) in [4.78, 5) is 0. The van der Waals surface area contributed by atoms with Crippen molar-refractivity contribution in [1.82, 2.24) is 5.32 Å². The van der Waals surface area contributed by atoms with Gasteiger partial charge in [-0.2, -0.15) is 5.26 Å². The van der Waals surface area contributed by atoms with Gasteiger partial charge >= 0.3 is 0 Å². The highest BCUT2D eigenvalue weighted by Gasteiger charge is 2.28. The van der Waals surface area contributed by atoms with E-state index in [-0.39, 0.29) is 0 Å². The lowest BCUT2D eigenvalue weighted by molar-refractivity contribution is 0.0137. The lowest BCUT2D eigenvalue weighted by atomic mass is 10.0. The van der Waals surface area contributed by atoms with Gasteiger partial charge in [-0.15, -0.1) is 0 Å². The second-order valence-corrected chi connectivity index (χ2v) is 5.95. The first-order valence-corrected chi connectivity index (χ1v) is 8.01. The van der Waals surface area contributed by atoms with E-state index in [9.17, 15) is 13.2 Å². The molecule has 26 heavy (non-hydrogen) atoms. The van der Waals surface area contributed by atoms with Crippen LogP contribution in [0.15, 0.2) is 48.2 Å². The molecule has 2 aromatic rings. The second-order valence-electron chi connectivity index (χ2n) is 5.95. The molecule has 2 nitrogen and oxygen atoms in total. The van der Waals surface area contributed by atoms with Crippen molar-refractivity contribution in [3.05, 3.63) is 76.2 Å². The molecule has 5 heteroatoms. The molecular formula is C21H19F3N2. The first-order chi connectivity index (χ1) is 12.3. The van der Waals surface area contributed by atoms with E-state index >= 15 is 0 Å². The summed E-state index contributed by atoms with van der Waals surface area (Å²) in [7, 11) is 1.68. The maximum atomic E-state index is 13.6. The van der Waals surface area contributed by atoms with E-state index in [1.165, 1.54) is 6.07 Å². The second kappa shape index (κ2) is 7.92. The summed E-state index contributed by atoms with van der Waals surface area (Å²) in [5, 5.41) is 12.0. The lowest BCUT2D eigenvalue weighted by Gasteiger charge is -2.12. The molecule has 0 fully saturated rings. The number of hydrogen-bond acceptors (Lipinski definition) is 2. The van der Waals surface area contributed by atoms with Crippen molar-refractivity contribution < 1.29 is 13.2 Å². The minimum absolute atomic E-state index is 0.472. The van der Waals surface area contributed by atoms with E-state index in [0.717, 1.165) is 28.8 Å². The van der Waals surface area contributed by atoms with E-state index in [2.05, 4.69) is 11.4 Å². The summed E-state index contributed by atoms with van der Waals surface area (Å²) >= 11 is 0. The van der Waals surface area contributed by atoms with Crippen molar-refractivity contribution in [2.24, 2.45) is 0 Å². The maximum Gasteiger partial charge on any atom is 0.273 e. The van der Waals surface area contributed by atoms with Gasteiger partial charge in [-0.1, -0.05) is 36.4 Å². The molecule has 0 amide bonds. The molecule has 0 unspecified atom stereocenters. The number of nitrogens with one attached hydrogen (secondary N) is 1. The van der Waals surface area contributed by atoms with E-state index < -0.39 is 17.3 Å². The number of nitrogens with zero attached hydrogens (tertiary/aromatic N) is 1. The zero-order valence-corrected chi connectivity index (χ0v) is 14.8. The van der Waals surface area contributed by atoms with Gasteiger partial charge in [0.1, 0.15) is 17.6 Å². The van der Waals surface area contributed by atoms with Gasteiger partial charge in [0.15, 0.2) is 0 Å². The molecule has 0 bridgehead atoms. The molecule has 0 radical (unpaired) electrons. The molecule has 0 atom stereocenters. The fraction of sp³-hybridized carbons (Fsp3) is 0.190. The Morgan fingerprint density at radius 2 is 1.77 bits per heavy atom. The summed E-state index contributed by atoms with van der Waals surface area (Å²) in [6, 6.07) is 13.2. The van der Waals surface area contributed by atoms with E-state index in [4.69, 9.17) is 5.26 Å². The summed E-state index contributed by atoms with van der Waals surface area (Å²) in [6.45, 7) is 2.51. The van der Waals surface area contributed by atoms with Gasteiger partial charge in [0, 0.05) is 14.0 Å². The fourth-order valence-corrected chi connectivity index (χ4v) is 2.52. The lowest BCUT2D eigenvalue weighted by Crippen LogP contribution is -2.09. The van der Waals surface area contributed by atoms with Gasteiger partial charge < -0.3 is 5.32 Å². The van der Waals surface area contributed by atoms with Crippen LogP contribution in [0.2, 0.25) is 0 Å². The molecule has 0 spiro atoms. The third-order valence-corrected chi connectivity index (χ3v) is 3.99. The molecule has 0 aromatic heterocycles. The molecular weight excluding hydrogens is 337 g/mol. The average molecular weight is 356 g/mol. The Kier molecular flexibility index (Phi) is 5.89. The number of benzene rings is 2. The average Bonchev–Trinajstić information content (AvgIpc) is 2.61. The fourth-order valence-electron chi connectivity index (χ4n) is 2.52. The Balaban J connectivity index is 2.34. The highest BCUT2D eigenvalue weighted by Crippen LogP contribution is 2.30. The molecule has 0 aliphatic carbocycles. The maximum absolute atomic E-state index is 13.6. The van der Waals surface area contributed by atoms with Crippen LogP contribution in [0.1, 0.15) is 36.1 Å². The highest BCUT2D eigenvalue weighted by molar-refractivity contribution is 5.75. The summed E-state index contributed by atoms with van der Waals surface area (Å²) in [5.41, 5.74) is 2.84. The Hall–Kier alpha value is -3.00. The van der Waals surface area contributed by atoms with Crippen LogP contribution < -0.4 is 5.32 Å². The molecule has 0 saturated carbocycles. The van der Waals surface area contributed by atoms with Crippen LogP contribution in [-0.4, -0.2) is 7.05 Å². The Morgan fingerprint density at radius 1 is 1.12 bits per heavy atom. The monoisotopic (exact) mass is 356 g/mol. The van der Waals surface area contributed by atoms with Crippen LogP contribution in [-0.2, 0) is 5.92 Å². The van der Waals surface area contributed by atoms with Crippen molar-refractivity contribution in [2.45, 2.75) is 19.8 Å². The Bertz CT molecular complexity index is 900. The van der Waals surface area contributed by atoms with Crippen LogP contribution in [0.25, 0.3) is 17.7 Å². The van der Waals surface area contributed by atoms with Crippen molar-refractivity contribution in [3.8, 4) is 6.07 Å². The Labute approximate surface area is 151 Å². The Morgan fingerprint density at radius 3 is 2.35 bits per heavy atom. The molecule has 0 saturated heterocycles. The molecule has 2 rings (SSSR count). The highest BCUT2D eigenvalue weighted by atomic mass is 19.3. The van der Waals surface area contributed by atoms with Crippen LogP contribution in [0.5, 0.6) is 0 Å². The van der Waals surface area contributed by atoms with Crippen LogP contribution in [0, 0.1) is 17.1 Å². The SMILES string of the molecule is CN/C(C#N)=C(\C)c1cccc(/C=C/c2ccc(F)c(C(C)(F)F)c2)c1. The summed E-state index contributed by atoms with van der Waals surface area (Å²) < 4.78 is 40.5. The summed E-state index contributed by atoms with van der Waals surface area (Å²) in [5.74, 6) is -4.16. The van der Waals surface area contributed by atoms with Crippen LogP contribution in [0.4, 0.5) is 13.2 Å². The van der Waals surface area contributed by atoms with Gasteiger partial charge in [-0.3, -0.25) is 0 Å². The van der Waals surface area contributed by atoms with E-state index in [1.54, 1.807) is 19.2 Å². The quantitative estimate of drug-likeness (QED) is 0.561. The first-order valence-electron chi connectivity index (χ1n) is 8.01. The van der Waals surface area contributed by atoms with Crippen molar-refractivity contribution in [2.75, 3.05) is 7.05 Å². The summed E-state index contributed by atoms with van der Waals surface area (Å²) in [6.07, 6.45) is 3.41. The predicted octanol–water partition coefficient (Wildman–Crippen LogP) is 5.58. The van der Waals surface area contributed by atoms with Gasteiger partial charge in [0.2, 0.25) is 0 Å².